The molecule has 1 N–H and O–H groups in total. The molecule has 0 aliphatic carbocycles. The minimum Gasteiger partial charge on any atom is -0.351 e. The fourth-order valence-electron chi connectivity index (χ4n) is 4.50. The van der Waals surface area contributed by atoms with E-state index < -0.39 is 34.0 Å². The van der Waals surface area contributed by atoms with Gasteiger partial charge >= 0.3 is 6.18 Å². The summed E-state index contributed by atoms with van der Waals surface area (Å²) in [6.07, 6.45) is -1.93. The summed E-state index contributed by atoms with van der Waals surface area (Å²) in [7, 11) is -3.13. The number of carbonyl (C=O) groups excluding carboxylic acids is 1. The molecular formula is C16H22F3N5O3S. The van der Waals surface area contributed by atoms with Crippen LogP contribution in [0.2, 0.25) is 0 Å². The fraction of sp³-hybridized carbons (Fsp3) is 0.812. The molecule has 4 rings (SSSR count). The number of piperidine rings is 1. The second-order valence-electron chi connectivity index (χ2n) is 7.83. The summed E-state index contributed by atoms with van der Waals surface area (Å²) in [5.41, 5.74) is 0. The van der Waals surface area contributed by atoms with E-state index in [4.69, 9.17) is 0 Å². The van der Waals surface area contributed by atoms with Gasteiger partial charge in [-0.1, -0.05) is 0 Å². The highest BCUT2D eigenvalue weighted by Gasteiger charge is 2.48. The summed E-state index contributed by atoms with van der Waals surface area (Å²) in [4.78, 5) is 18.1. The zero-order valence-electron chi connectivity index (χ0n) is 15.1. The molecule has 0 bridgehead atoms. The van der Waals surface area contributed by atoms with Crippen LogP contribution < -0.4 is 5.32 Å². The monoisotopic (exact) mass is 421 g/mol. The van der Waals surface area contributed by atoms with Crippen LogP contribution in [0.3, 0.4) is 0 Å². The molecular weight excluding hydrogens is 399 g/mol. The fourth-order valence-corrected chi connectivity index (χ4v) is 6.23. The number of hydrogen-bond donors (Lipinski definition) is 1. The summed E-state index contributed by atoms with van der Waals surface area (Å²) in [5, 5.41) is 6.76. The van der Waals surface area contributed by atoms with E-state index in [1.165, 1.54) is 0 Å². The van der Waals surface area contributed by atoms with Gasteiger partial charge in [0.2, 0.25) is 11.9 Å². The predicted molar refractivity (Wildman–Crippen MR) is 93.2 cm³/mol. The van der Waals surface area contributed by atoms with E-state index in [0.29, 0.717) is 32.4 Å². The predicted octanol–water partition coefficient (Wildman–Crippen LogP) is 1.24. The molecule has 3 aliphatic heterocycles. The summed E-state index contributed by atoms with van der Waals surface area (Å²) in [6, 6.07) is -2.10. The molecule has 156 valence electrons. The van der Waals surface area contributed by atoms with Crippen LogP contribution >= 0.6 is 0 Å². The van der Waals surface area contributed by atoms with Crippen molar-refractivity contribution in [3.8, 4) is 0 Å². The molecule has 0 aromatic carbocycles. The number of fused-ring (bicyclic) bond motifs is 1. The minimum atomic E-state index is -4.41. The van der Waals surface area contributed by atoms with Crippen LogP contribution in [-0.2, 0) is 14.6 Å². The standard InChI is InChI=1S/C16H22F3N5O3S/c17-16(18,19)13-7-12(22-15-20-9-21-24(13)15)10-1-4-23(5-2-10)14(25)11-3-6-28(26,27)8-11/h9-13H,1-8H2,(H,20,21,22)/t11-,12-,13+/m0/s1. The first-order valence-electron chi connectivity index (χ1n) is 9.36. The maximum absolute atomic E-state index is 13.4. The third kappa shape index (κ3) is 3.70. The van der Waals surface area contributed by atoms with Gasteiger partial charge in [0.05, 0.1) is 17.4 Å². The van der Waals surface area contributed by atoms with Crippen molar-refractivity contribution >= 4 is 21.7 Å². The number of sulfone groups is 1. The van der Waals surface area contributed by atoms with Crippen molar-refractivity contribution < 1.29 is 26.4 Å². The minimum absolute atomic E-state index is 0.0216. The van der Waals surface area contributed by atoms with Gasteiger partial charge in [0.1, 0.15) is 6.33 Å². The topological polar surface area (TPSA) is 97.2 Å². The van der Waals surface area contributed by atoms with Crippen molar-refractivity contribution in [2.75, 3.05) is 29.9 Å². The number of nitrogens with zero attached hydrogens (tertiary/aromatic N) is 4. The van der Waals surface area contributed by atoms with Gasteiger partial charge in [-0.3, -0.25) is 4.79 Å². The molecule has 12 heteroatoms. The Labute approximate surface area is 160 Å². The zero-order valence-corrected chi connectivity index (χ0v) is 15.9. The van der Waals surface area contributed by atoms with Crippen LogP contribution in [0.25, 0.3) is 0 Å². The Bertz CT molecular complexity index is 848. The molecule has 0 saturated carbocycles. The first-order valence-corrected chi connectivity index (χ1v) is 11.2. The lowest BCUT2D eigenvalue weighted by Crippen LogP contribution is -2.48. The molecule has 2 fully saturated rings. The Morgan fingerprint density at radius 1 is 1.21 bits per heavy atom. The zero-order chi connectivity index (χ0) is 20.1. The molecule has 0 spiro atoms. The van der Waals surface area contributed by atoms with Crippen molar-refractivity contribution in [1.29, 1.82) is 0 Å². The van der Waals surface area contributed by atoms with E-state index >= 15 is 0 Å². The molecule has 3 aliphatic rings. The highest BCUT2D eigenvalue weighted by Crippen LogP contribution is 2.41. The van der Waals surface area contributed by atoms with Crippen LogP contribution in [0, 0.1) is 11.8 Å². The van der Waals surface area contributed by atoms with E-state index in [9.17, 15) is 26.4 Å². The van der Waals surface area contributed by atoms with Crippen LogP contribution in [0.4, 0.5) is 19.1 Å². The van der Waals surface area contributed by atoms with Gasteiger partial charge < -0.3 is 10.2 Å². The molecule has 8 nitrogen and oxygen atoms in total. The Balaban J connectivity index is 1.38. The molecule has 1 aromatic heterocycles. The molecule has 2 saturated heterocycles. The summed E-state index contributed by atoms with van der Waals surface area (Å²) < 4.78 is 64.3. The maximum atomic E-state index is 13.4. The van der Waals surface area contributed by atoms with Gasteiger partial charge in [-0.05, 0) is 31.6 Å². The Morgan fingerprint density at radius 3 is 2.54 bits per heavy atom. The Morgan fingerprint density at radius 2 is 1.93 bits per heavy atom. The molecule has 4 heterocycles. The second kappa shape index (κ2) is 6.89. The number of aromatic nitrogens is 3. The van der Waals surface area contributed by atoms with Gasteiger partial charge in [-0.2, -0.15) is 23.3 Å². The number of alkyl halides is 3. The smallest absolute Gasteiger partial charge is 0.351 e. The quantitative estimate of drug-likeness (QED) is 0.772. The van der Waals surface area contributed by atoms with Crippen LogP contribution in [0.1, 0.15) is 31.7 Å². The van der Waals surface area contributed by atoms with Crippen molar-refractivity contribution in [3.05, 3.63) is 6.33 Å². The van der Waals surface area contributed by atoms with Crippen LogP contribution in [-0.4, -0.2) is 70.8 Å². The first-order chi connectivity index (χ1) is 13.1. The van der Waals surface area contributed by atoms with E-state index in [1.807, 2.05) is 0 Å². The number of carbonyl (C=O) groups is 1. The number of hydrogen-bond acceptors (Lipinski definition) is 6. The normalized spacial score (nSPS) is 30.7. The lowest BCUT2D eigenvalue weighted by Gasteiger charge is -2.40. The van der Waals surface area contributed by atoms with Crippen molar-refractivity contribution in [3.63, 3.8) is 0 Å². The van der Waals surface area contributed by atoms with E-state index in [0.717, 1.165) is 11.0 Å². The highest BCUT2D eigenvalue weighted by atomic mass is 32.2. The largest absolute Gasteiger partial charge is 0.411 e. The van der Waals surface area contributed by atoms with Gasteiger partial charge in [0, 0.05) is 19.1 Å². The van der Waals surface area contributed by atoms with Crippen LogP contribution in [0.15, 0.2) is 6.33 Å². The summed E-state index contributed by atoms with van der Waals surface area (Å²) in [6.45, 7) is 0.864. The van der Waals surface area contributed by atoms with E-state index in [-0.39, 0.29) is 35.7 Å². The SMILES string of the molecule is O=C([C@H]1CCS(=O)(=O)C1)N1CCC([C@@H]2C[C@H](C(F)(F)F)n3ncnc3N2)CC1. The van der Waals surface area contributed by atoms with E-state index in [2.05, 4.69) is 15.4 Å². The molecule has 28 heavy (non-hydrogen) atoms. The molecule has 1 amide bonds. The van der Waals surface area contributed by atoms with Gasteiger partial charge in [0.15, 0.2) is 15.9 Å². The summed E-state index contributed by atoms with van der Waals surface area (Å²) >= 11 is 0. The number of anilines is 1. The van der Waals surface area contributed by atoms with Crippen LogP contribution in [0.5, 0.6) is 0 Å². The van der Waals surface area contributed by atoms with Crippen molar-refractivity contribution in [2.24, 2.45) is 11.8 Å². The molecule has 0 unspecified atom stereocenters. The van der Waals surface area contributed by atoms with Gasteiger partial charge in [-0.15, -0.1) is 0 Å². The lowest BCUT2D eigenvalue weighted by molar-refractivity contribution is -0.174. The Hall–Kier alpha value is -1.85. The second-order valence-corrected chi connectivity index (χ2v) is 10.1. The van der Waals surface area contributed by atoms with Crippen molar-refractivity contribution in [2.45, 2.75) is 43.9 Å². The molecule has 1 aromatic rings. The number of halogens is 3. The Kier molecular flexibility index (Phi) is 4.79. The molecule has 0 radical (unpaired) electrons. The average Bonchev–Trinajstić information content (AvgIpc) is 3.25. The number of nitrogens with one attached hydrogen (secondary N) is 1. The van der Waals surface area contributed by atoms with Crippen molar-refractivity contribution in [1.82, 2.24) is 19.7 Å². The third-order valence-corrected chi connectivity index (χ3v) is 7.81. The summed E-state index contributed by atoms with van der Waals surface area (Å²) in [5.74, 6) is -0.587. The number of rotatable bonds is 2. The number of likely N-dealkylation sites (tertiary alicyclic amines) is 1. The van der Waals surface area contributed by atoms with Gasteiger partial charge in [0.25, 0.3) is 0 Å². The number of amides is 1. The van der Waals surface area contributed by atoms with Gasteiger partial charge in [-0.25, -0.2) is 13.1 Å². The first kappa shape index (κ1) is 19.5. The molecule has 3 atom stereocenters. The maximum Gasteiger partial charge on any atom is 0.411 e. The van der Waals surface area contributed by atoms with E-state index in [1.54, 1.807) is 4.90 Å². The third-order valence-electron chi connectivity index (χ3n) is 6.04. The highest BCUT2D eigenvalue weighted by molar-refractivity contribution is 7.91. The lowest BCUT2D eigenvalue weighted by atomic mass is 9.84. The average molecular weight is 421 g/mol.